The highest BCUT2D eigenvalue weighted by Crippen LogP contribution is 2.37. The Morgan fingerprint density at radius 2 is 1.94 bits per heavy atom. The summed E-state index contributed by atoms with van der Waals surface area (Å²) in [6.45, 7) is 3.89. The number of aromatic hydroxyl groups is 1. The first kappa shape index (κ1) is 23.5. The standard InChI is InChI=1S/C23H23N3O7/c1-4-6-19-18(12-15-11-17(26(30)31)13-20(32-3)21(15)27)22(28)25(24-19)16-9-7-14(8-10-16)23(29)33-5-2/h7-13,27H,4-6H2,1-3H3/b18-12+. The van der Waals surface area contributed by atoms with Crippen molar-refractivity contribution in [3.63, 3.8) is 0 Å². The number of anilines is 1. The minimum atomic E-state index is -0.612. The molecule has 0 atom stereocenters. The number of carbonyl (C=O) groups excluding carboxylic acids is 2. The summed E-state index contributed by atoms with van der Waals surface area (Å²) < 4.78 is 10.00. The fourth-order valence-corrected chi connectivity index (χ4v) is 3.29. The van der Waals surface area contributed by atoms with E-state index >= 15 is 0 Å². The van der Waals surface area contributed by atoms with E-state index in [1.165, 1.54) is 36.4 Å². The fraction of sp³-hybridized carbons (Fsp3) is 0.261. The molecule has 172 valence electrons. The molecular formula is C23H23N3O7. The van der Waals surface area contributed by atoms with E-state index in [1.54, 1.807) is 19.1 Å². The van der Waals surface area contributed by atoms with Crippen LogP contribution in [0.1, 0.15) is 42.6 Å². The second-order valence-electron chi connectivity index (χ2n) is 7.08. The lowest BCUT2D eigenvalue weighted by atomic mass is 10.0. The van der Waals surface area contributed by atoms with E-state index in [0.29, 0.717) is 29.8 Å². The Hall–Kier alpha value is -4.21. The van der Waals surface area contributed by atoms with Crippen molar-refractivity contribution in [2.24, 2.45) is 5.10 Å². The molecule has 3 rings (SSSR count). The molecular weight excluding hydrogens is 430 g/mol. The van der Waals surface area contributed by atoms with Crippen LogP contribution in [0.5, 0.6) is 11.5 Å². The molecule has 1 N–H and O–H groups in total. The third-order valence-electron chi connectivity index (χ3n) is 4.88. The summed E-state index contributed by atoms with van der Waals surface area (Å²) in [6.07, 6.45) is 2.54. The Labute approximate surface area is 189 Å². The van der Waals surface area contributed by atoms with Gasteiger partial charge in [0, 0.05) is 11.6 Å². The topological polar surface area (TPSA) is 132 Å². The van der Waals surface area contributed by atoms with E-state index in [9.17, 15) is 24.8 Å². The SMILES string of the molecule is CCCC1=NN(c2ccc(C(=O)OCC)cc2)C(=O)/C1=C/c1cc([N+](=O)[O-])cc(OC)c1O. The minimum absolute atomic E-state index is 0.0627. The van der Waals surface area contributed by atoms with Gasteiger partial charge in [0.05, 0.1) is 47.2 Å². The molecule has 1 aliphatic heterocycles. The number of rotatable bonds is 8. The van der Waals surface area contributed by atoms with Crippen LogP contribution in [-0.4, -0.2) is 41.3 Å². The number of ether oxygens (including phenoxy) is 2. The van der Waals surface area contributed by atoms with E-state index in [0.717, 1.165) is 6.07 Å². The van der Waals surface area contributed by atoms with Gasteiger partial charge in [0.15, 0.2) is 11.5 Å². The Morgan fingerprint density at radius 1 is 1.24 bits per heavy atom. The van der Waals surface area contributed by atoms with Gasteiger partial charge in [-0.15, -0.1) is 0 Å². The van der Waals surface area contributed by atoms with Crippen LogP contribution in [0.2, 0.25) is 0 Å². The summed E-state index contributed by atoms with van der Waals surface area (Å²) >= 11 is 0. The monoisotopic (exact) mass is 453 g/mol. The van der Waals surface area contributed by atoms with Crippen molar-refractivity contribution >= 4 is 35.0 Å². The minimum Gasteiger partial charge on any atom is -0.504 e. The largest absolute Gasteiger partial charge is 0.504 e. The van der Waals surface area contributed by atoms with E-state index in [1.807, 2.05) is 6.92 Å². The highest BCUT2D eigenvalue weighted by molar-refractivity contribution is 6.32. The van der Waals surface area contributed by atoms with Crippen LogP contribution >= 0.6 is 0 Å². The lowest BCUT2D eigenvalue weighted by molar-refractivity contribution is -0.385. The summed E-state index contributed by atoms with van der Waals surface area (Å²) in [7, 11) is 1.28. The zero-order valence-corrected chi connectivity index (χ0v) is 18.4. The molecule has 0 unspecified atom stereocenters. The first-order valence-electron chi connectivity index (χ1n) is 10.3. The average Bonchev–Trinajstić information content (AvgIpc) is 3.10. The highest BCUT2D eigenvalue weighted by atomic mass is 16.6. The molecule has 1 aliphatic rings. The molecule has 10 heteroatoms. The Bertz CT molecular complexity index is 1150. The summed E-state index contributed by atoms with van der Waals surface area (Å²) in [5.41, 5.74) is 1.22. The van der Waals surface area contributed by atoms with Gasteiger partial charge in [-0.3, -0.25) is 14.9 Å². The number of amides is 1. The van der Waals surface area contributed by atoms with Gasteiger partial charge in [-0.25, -0.2) is 4.79 Å². The Morgan fingerprint density at radius 3 is 2.52 bits per heavy atom. The van der Waals surface area contributed by atoms with Gasteiger partial charge in [0.2, 0.25) is 0 Å². The molecule has 0 fully saturated rings. The van der Waals surface area contributed by atoms with Gasteiger partial charge in [-0.1, -0.05) is 13.3 Å². The smallest absolute Gasteiger partial charge is 0.338 e. The van der Waals surface area contributed by atoms with Gasteiger partial charge >= 0.3 is 5.97 Å². The van der Waals surface area contributed by atoms with Crippen LogP contribution in [0.15, 0.2) is 47.1 Å². The third-order valence-corrected chi connectivity index (χ3v) is 4.88. The van der Waals surface area contributed by atoms with Gasteiger partial charge in [0.1, 0.15) is 0 Å². The molecule has 1 amide bonds. The number of methoxy groups -OCH3 is 1. The number of carbonyl (C=O) groups is 2. The number of benzene rings is 2. The second kappa shape index (κ2) is 9.94. The van der Waals surface area contributed by atoms with Gasteiger partial charge < -0.3 is 14.6 Å². The average molecular weight is 453 g/mol. The van der Waals surface area contributed by atoms with Gasteiger partial charge in [-0.05, 0) is 43.7 Å². The maximum absolute atomic E-state index is 13.2. The van der Waals surface area contributed by atoms with Crippen LogP contribution in [0.25, 0.3) is 6.08 Å². The summed E-state index contributed by atoms with van der Waals surface area (Å²) in [6, 6.07) is 8.50. The van der Waals surface area contributed by atoms with Crippen molar-refractivity contribution in [2.75, 3.05) is 18.7 Å². The quantitative estimate of drug-likeness (QED) is 0.276. The van der Waals surface area contributed by atoms with Crippen LogP contribution in [0.3, 0.4) is 0 Å². The molecule has 0 spiro atoms. The van der Waals surface area contributed by atoms with Gasteiger partial charge in [-0.2, -0.15) is 10.1 Å². The Kier molecular flexibility index (Phi) is 7.07. The van der Waals surface area contributed by atoms with Crippen molar-refractivity contribution in [1.29, 1.82) is 0 Å². The normalized spacial score (nSPS) is 14.4. The highest BCUT2D eigenvalue weighted by Gasteiger charge is 2.31. The predicted molar refractivity (Wildman–Crippen MR) is 122 cm³/mol. The van der Waals surface area contributed by atoms with Crippen molar-refractivity contribution in [3.8, 4) is 11.5 Å². The zero-order chi connectivity index (χ0) is 24.1. The van der Waals surface area contributed by atoms with Crippen LogP contribution in [-0.2, 0) is 9.53 Å². The summed E-state index contributed by atoms with van der Waals surface area (Å²) in [5.74, 6) is -1.34. The molecule has 0 radical (unpaired) electrons. The number of esters is 1. The number of phenolic OH excluding ortho intramolecular Hbond substituents is 1. The number of phenols is 1. The fourth-order valence-electron chi connectivity index (χ4n) is 3.29. The molecule has 10 nitrogen and oxygen atoms in total. The zero-order valence-electron chi connectivity index (χ0n) is 18.4. The number of nitro groups is 1. The summed E-state index contributed by atoms with van der Waals surface area (Å²) in [5, 5.41) is 27.3. The van der Waals surface area contributed by atoms with Crippen LogP contribution < -0.4 is 9.75 Å². The van der Waals surface area contributed by atoms with Crippen LogP contribution in [0, 0.1) is 10.1 Å². The molecule has 0 aliphatic carbocycles. The van der Waals surface area contributed by atoms with Crippen molar-refractivity contribution < 1.29 is 29.1 Å². The molecule has 2 aromatic carbocycles. The molecule has 2 aromatic rings. The molecule has 33 heavy (non-hydrogen) atoms. The van der Waals surface area contributed by atoms with E-state index < -0.39 is 16.8 Å². The molecule has 0 aromatic heterocycles. The lowest BCUT2D eigenvalue weighted by Gasteiger charge is -2.12. The summed E-state index contributed by atoms with van der Waals surface area (Å²) in [4.78, 5) is 35.7. The first-order chi connectivity index (χ1) is 15.8. The lowest BCUT2D eigenvalue weighted by Crippen LogP contribution is -2.21. The third kappa shape index (κ3) is 4.84. The number of hydrogen-bond acceptors (Lipinski definition) is 8. The van der Waals surface area contributed by atoms with E-state index in [4.69, 9.17) is 9.47 Å². The number of nitrogens with zero attached hydrogens (tertiary/aromatic N) is 3. The number of nitro benzene ring substituents is 1. The number of non-ortho nitro benzene ring substituents is 1. The maximum Gasteiger partial charge on any atom is 0.338 e. The number of hydrazone groups is 1. The predicted octanol–water partition coefficient (Wildman–Crippen LogP) is 4.07. The first-order valence-corrected chi connectivity index (χ1v) is 10.3. The van der Waals surface area contributed by atoms with Crippen LogP contribution in [0.4, 0.5) is 11.4 Å². The molecule has 0 saturated heterocycles. The Balaban J connectivity index is 2.01. The second-order valence-corrected chi connectivity index (χ2v) is 7.08. The number of hydrogen-bond donors (Lipinski definition) is 1. The molecule has 0 saturated carbocycles. The van der Waals surface area contributed by atoms with E-state index in [-0.39, 0.29) is 34.9 Å². The van der Waals surface area contributed by atoms with Crippen molar-refractivity contribution in [3.05, 3.63) is 63.2 Å². The van der Waals surface area contributed by atoms with Gasteiger partial charge in [0.25, 0.3) is 11.6 Å². The maximum atomic E-state index is 13.2. The van der Waals surface area contributed by atoms with E-state index in [2.05, 4.69) is 5.10 Å². The van der Waals surface area contributed by atoms with Crippen molar-refractivity contribution in [2.45, 2.75) is 26.7 Å². The van der Waals surface area contributed by atoms with Crippen molar-refractivity contribution in [1.82, 2.24) is 0 Å². The molecule has 1 heterocycles. The molecule has 0 bridgehead atoms.